The maximum Gasteiger partial charge on any atom is 0.00985 e. The summed E-state index contributed by atoms with van der Waals surface area (Å²) < 4.78 is 0. The molecule has 1 atom stereocenters. The second-order valence-corrected chi connectivity index (χ2v) is 1.92. The third-order valence-corrected chi connectivity index (χ3v) is 1.30. The van der Waals surface area contributed by atoms with Gasteiger partial charge in [0.15, 0.2) is 0 Å². The molecule has 0 fully saturated rings. The number of hydrogen-bond donors (Lipinski definition) is 2. The van der Waals surface area contributed by atoms with E-state index in [0.717, 1.165) is 6.42 Å². The molecule has 0 bridgehead atoms. The van der Waals surface area contributed by atoms with Crippen LogP contribution in [0, 0.1) is 5.92 Å². The van der Waals surface area contributed by atoms with Gasteiger partial charge in [-0.3, -0.25) is 0 Å². The minimum absolute atomic E-state index is 0.315. The highest BCUT2D eigenvalue weighted by molar-refractivity contribution is 4.93. The van der Waals surface area contributed by atoms with Crippen molar-refractivity contribution >= 4 is 0 Å². The van der Waals surface area contributed by atoms with Crippen LogP contribution in [-0.2, 0) is 0 Å². The van der Waals surface area contributed by atoms with E-state index in [9.17, 15) is 0 Å². The van der Waals surface area contributed by atoms with Crippen molar-refractivity contribution in [3.63, 3.8) is 0 Å². The molecule has 4 N–H and O–H groups in total. The van der Waals surface area contributed by atoms with Gasteiger partial charge >= 0.3 is 0 Å². The van der Waals surface area contributed by atoms with Gasteiger partial charge in [-0.05, 0) is 6.42 Å². The predicted octanol–water partition coefficient (Wildman–Crippen LogP) is 0.444. The molecule has 0 radical (unpaired) electrons. The van der Waals surface area contributed by atoms with Gasteiger partial charge in [-0.1, -0.05) is 13.5 Å². The van der Waals surface area contributed by atoms with Crippen molar-refractivity contribution in [2.45, 2.75) is 13.3 Å². The van der Waals surface area contributed by atoms with Crippen LogP contribution in [0.3, 0.4) is 0 Å². The largest absolute Gasteiger partial charge is 0.402 e. The SMILES string of the molecule is C=C(N)[C@H](CC)CN. The molecule has 0 rings (SSSR count). The molecule has 0 aliphatic carbocycles. The van der Waals surface area contributed by atoms with Gasteiger partial charge < -0.3 is 11.5 Å². The van der Waals surface area contributed by atoms with Crippen molar-refractivity contribution in [3.8, 4) is 0 Å². The smallest absolute Gasteiger partial charge is 0.00985 e. The van der Waals surface area contributed by atoms with E-state index in [1.807, 2.05) is 0 Å². The van der Waals surface area contributed by atoms with Crippen LogP contribution in [-0.4, -0.2) is 6.54 Å². The van der Waals surface area contributed by atoms with E-state index < -0.39 is 0 Å². The maximum absolute atomic E-state index is 5.38. The zero-order chi connectivity index (χ0) is 6.57. The molecule has 0 aliphatic rings. The van der Waals surface area contributed by atoms with Gasteiger partial charge in [0, 0.05) is 18.2 Å². The van der Waals surface area contributed by atoms with Crippen molar-refractivity contribution in [1.82, 2.24) is 0 Å². The first-order chi connectivity index (χ1) is 3.72. The summed E-state index contributed by atoms with van der Waals surface area (Å²) in [6.45, 7) is 6.26. The predicted molar refractivity (Wildman–Crippen MR) is 36.2 cm³/mol. The number of hydrogen-bond acceptors (Lipinski definition) is 2. The molecule has 2 nitrogen and oxygen atoms in total. The fourth-order valence-corrected chi connectivity index (χ4v) is 0.580. The van der Waals surface area contributed by atoms with E-state index in [1.165, 1.54) is 0 Å². The molecule has 0 amide bonds. The van der Waals surface area contributed by atoms with Crippen LogP contribution in [0.2, 0.25) is 0 Å². The van der Waals surface area contributed by atoms with Crippen molar-refractivity contribution in [3.05, 3.63) is 12.3 Å². The number of nitrogens with two attached hydrogens (primary N) is 2. The molecule has 0 unspecified atom stereocenters. The molecular weight excluding hydrogens is 100 g/mol. The second kappa shape index (κ2) is 3.50. The summed E-state index contributed by atoms with van der Waals surface area (Å²) in [5.41, 5.74) is 11.4. The van der Waals surface area contributed by atoms with Gasteiger partial charge in [0.05, 0.1) is 0 Å². The van der Waals surface area contributed by atoms with E-state index in [-0.39, 0.29) is 0 Å². The van der Waals surface area contributed by atoms with E-state index in [0.29, 0.717) is 18.2 Å². The van der Waals surface area contributed by atoms with E-state index in [1.54, 1.807) is 0 Å². The second-order valence-electron chi connectivity index (χ2n) is 1.92. The lowest BCUT2D eigenvalue weighted by atomic mass is 10.1. The lowest BCUT2D eigenvalue weighted by Gasteiger charge is -2.09. The summed E-state index contributed by atoms with van der Waals surface area (Å²) in [4.78, 5) is 0. The first kappa shape index (κ1) is 7.50. The van der Waals surface area contributed by atoms with Crippen LogP contribution in [0.25, 0.3) is 0 Å². The normalized spacial score (nSPS) is 13.2. The van der Waals surface area contributed by atoms with Crippen molar-refractivity contribution in [1.29, 1.82) is 0 Å². The van der Waals surface area contributed by atoms with Crippen LogP contribution in [0.15, 0.2) is 12.3 Å². The molecule has 0 spiro atoms. The van der Waals surface area contributed by atoms with E-state index >= 15 is 0 Å². The summed E-state index contributed by atoms with van der Waals surface area (Å²) in [5, 5.41) is 0. The monoisotopic (exact) mass is 114 g/mol. The fourth-order valence-electron chi connectivity index (χ4n) is 0.580. The zero-order valence-electron chi connectivity index (χ0n) is 5.35. The topological polar surface area (TPSA) is 52.0 Å². The third-order valence-electron chi connectivity index (χ3n) is 1.30. The Morgan fingerprint density at radius 1 is 1.75 bits per heavy atom. The molecular formula is C6H14N2. The minimum atomic E-state index is 0.315. The summed E-state index contributed by atoms with van der Waals surface area (Å²) in [6, 6.07) is 0. The van der Waals surface area contributed by atoms with Gasteiger partial charge in [-0.2, -0.15) is 0 Å². The van der Waals surface area contributed by atoms with Crippen molar-refractivity contribution < 1.29 is 0 Å². The van der Waals surface area contributed by atoms with Crippen molar-refractivity contribution in [2.75, 3.05) is 6.54 Å². The van der Waals surface area contributed by atoms with E-state index in [2.05, 4.69) is 13.5 Å². The molecule has 0 aromatic heterocycles. The molecule has 8 heavy (non-hydrogen) atoms. The highest BCUT2D eigenvalue weighted by atomic mass is 14.6. The quantitative estimate of drug-likeness (QED) is 0.559. The molecule has 0 aromatic rings. The summed E-state index contributed by atoms with van der Waals surface area (Å²) in [7, 11) is 0. The molecule has 0 aromatic carbocycles. The molecule has 0 heterocycles. The Bertz CT molecular complexity index is 74.6. The maximum atomic E-state index is 5.38. The molecule has 0 aliphatic heterocycles. The summed E-state index contributed by atoms with van der Waals surface area (Å²) >= 11 is 0. The van der Waals surface area contributed by atoms with Gasteiger partial charge in [0.25, 0.3) is 0 Å². The molecule has 2 heteroatoms. The summed E-state index contributed by atoms with van der Waals surface area (Å²) in [6.07, 6.45) is 0.992. The Kier molecular flexibility index (Phi) is 3.28. The zero-order valence-corrected chi connectivity index (χ0v) is 5.35. The third kappa shape index (κ3) is 1.98. The lowest BCUT2D eigenvalue weighted by Crippen LogP contribution is -2.19. The van der Waals surface area contributed by atoms with Gasteiger partial charge in [0.1, 0.15) is 0 Å². The average Bonchev–Trinajstić information content (AvgIpc) is 1.69. The Labute approximate surface area is 50.6 Å². The highest BCUT2D eigenvalue weighted by Crippen LogP contribution is 2.04. The molecule has 0 saturated carbocycles. The lowest BCUT2D eigenvalue weighted by molar-refractivity contribution is 0.599. The van der Waals surface area contributed by atoms with Gasteiger partial charge in [-0.15, -0.1) is 0 Å². The van der Waals surface area contributed by atoms with Crippen LogP contribution < -0.4 is 11.5 Å². The highest BCUT2D eigenvalue weighted by Gasteiger charge is 2.02. The number of rotatable bonds is 3. The van der Waals surface area contributed by atoms with Gasteiger partial charge in [-0.25, -0.2) is 0 Å². The molecule has 0 saturated heterocycles. The Balaban J connectivity index is 3.52. The Morgan fingerprint density at radius 3 is 2.25 bits per heavy atom. The Hall–Kier alpha value is -0.500. The minimum Gasteiger partial charge on any atom is -0.402 e. The van der Waals surface area contributed by atoms with Gasteiger partial charge in [0.2, 0.25) is 0 Å². The van der Waals surface area contributed by atoms with Crippen LogP contribution in [0.5, 0.6) is 0 Å². The molecule has 48 valence electrons. The fraction of sp³-hybridized carbons (Fsp3) is 0.667. The standard InChI is InChI=1S/C6H14N2/c1-3-6(4-7)5(2)8/h6H,2-4,7-8H2,1H3/t6-/m1/s1. The first-order valence-electron chi connectivity index (χ1n) is 2.86. The Morgan fingerprint density at radius 2 is 2.25 bits per heavy atom. The average molecular weight is 114 g/mol. The van der Waals surface area contributed by atoms with E-state index in [4.69, 9.17) is 11.5 Å². The van der Waals surface area contributed by atoms with Crippen LogP contribution in [0.1, 0.15) is 13.3 Å². The first-order valence-corrected chi connectivity index (χ1v) is 2.86. The van der Waals surface area contributed by atoms with Crippen LogP contribution >= 0.6 is 0 Å². The van der Waals surface area contributed by atoms with Crippen molar-refractivity contribution in [2.24, 2.45) is 17.4 Å². The van der Waals surface area contributed by atoms with Crippen LogP contribution in [0.4, 0.5) is 0 Å². The summed E-state index contributed by atoms with van der Waals surface area (Å²) in [5.74, 6) is 0.315.